The first-order valence-electron chi connectivity index (χ1n) is 8.47. The van der Waals surface area contributed by atoms with Crippen molar-refractivity contribution in [2.45, 2.75) is 12.8 Å². The Morgan fingerprint density at radius 3 is 3.00 bits per heavy atom. The van der Waals surface area contributed by atoms with Crippen molar-refractivity contribution in [1.82, 2.24) is 4.90 Å². The number of hydrogen-bond donors (Lipinski definition) is 1. The zero-order valence-corrected chi connectivity index (χ0v) is 14.8. The van der Waals surface area contributed by atoms with Gasteiger partial charge >= 0.3 is 5.97 Å². The molecule has 2 aromatic rings. The van der Waals surface area contributed by atoms with Crippen molar-refractivity contribution < 1.29 is 14.7 Å². The third kappa shape index (κ3) is 4.90. The van der Waals surface area contributed by atoms with Crippen LogP contribution in [0.5, 0.6) is 0 Å². The molecule has 1 saturated heterocycles. The van der Waals surface area contributed by atoms with Crippen molar-refractivity contribution in [2.75, 3.05) is 26.2 Å². The highest BCUT2D eigenvalue weighted by Gasteiger charge is 2.24. The summed E-state index contributed by atoms with van der Waals surface area (Å²) >= 11 is 1.63. The van der Waals surface area contributed by atoms with E-state index in [0.29, 0.717) is 19.7 Å². The minimum absolute atomic E-state index is 0.253. The first-order valence-corrected chi connectivity index (χ1v) is 9.35. The van der Waals surface area contributed by atoms with E-state index in [-0.39, 0.29) is 5.92 Å². The monoisotopic (exact) mass is 358 g/mol. The van der Waals surface area contributed by atoms with Gasteiger partial charge in [-0.25, -0.2) is 0 Å². The Bertz CT molecular complexity index is 714. The average molecular weight is 358 g/mol. The molecule has 0 amide bonds. The average Bonchev–Trinajstić information content (AvgIpc) is 3.11. The van der Waals surface area contributed by atoms with Crippen LogP contribution in [-0.2, 0) is 9.63 Å². The highest BCUT2D eigenvalue weighted by Crippen LogP contribution is 2.26. The highest BCUT2D eigenvalue weighted by atomic mass is 32.1. The number of oxime groups is 1. The number of likely N-dealkylation sites (tertiary alicyclic amines) is 1. The van der Waals surface area contributed by atoms with Crippen LogP contribution in [0.1, 0.15) is 17.7 Å². The fourth-order valence-electron chi connectivity index (χ4n) is 3.05. The maximum Gasteiger partial charge on any atom is 0.307 e. The largest absolute Gasteiger partial charge is 0.481 e. The van der Waals surface area contributed by atoms with Gasteiger partial charge in [-0.05, 0) is 36.4 Å². The predicted octanol–water partition coefficient (Wildman–Crippen LogP) is 3.56. The Morgan fingerprint density at radius 1 is 1.36 bits per heavy atom. The highest BCUT2D eigenvalue weighted by molar-refractivity contribution is 7.12. The van der Waals surface area contributed by atoms with Crippen LogP contribution in [0.3, 0.4) is 0 Å². The third-order valence-electron chi connectivity index (χ3n) is 4.38. The SMILES string of the molecule is O=C(O)C1CCCN(CCO/N=C/c2sccc2-c2ccccc2)C1. The summed E-state index contributed by atoms with van der Waals surface area (Å²) in [6.07, 6.45) is 3.45. The molecular weight excluding hydrogens is 336 g/mol. The Kier molecular flexibility index (Phi) is 6.19. The van der Waals surface area contributed by atoms with E-state index in [1.54, 1.807) is 17.6 Å². The molecule has 1 aromatic carbocycles. The standard InChI is InChI=1S/C19H22N2O3S/c22-19(23)16-7-4-9-21(14-16)10-11-24-20-13-18-17(8-12-25-18)15-5-2-1-3-6-15/h1-3,5-6,8,12-13,16H,4,7,9-11,14H2,(H,22,23)/b20-13+. The maximum absolute atomic E-state index is 11.1. The molecule has 132 valence electrons. The third-order valence-corrected chi connectivity index (χ3v) is 5.23. The molecule has 1 fully saturated rings. The summed E-state index contributed by atoms with van der Waals surface area (Å²) in [5.74, 6) is -0.952. The zero-order chi connectivity index (χ0) is 17.5. The van der Waals surface area contributed by atoms with Gasteiger partial charge in [0.15, 0.2) is 0 Å². The number of thiophene rings is 1. The summed E-state index contributed by atoms with van der Waals surface area (Å²) in [7, 11) is 0. The van der Waals surface area contributed by atoms with E-state index in [1.165, 1.54) is 5.56 Å². The molecule has 1 aliphatic heterocycles. The Balaban J connectivity index is 1.47. The van der Waals surface area contributed by atoms with Crippen LogP contribution < -0.4 is 0 Å². The molecule has 1 N–H and O–H groups in total. The van der Waals surface area contributed by atoms with E-state index < -0.39 is 5.97 Å². The van der Waals surface area contributed by atoms with Gasteiger partial charge in [0.25, 0.3) is 0 Å². The number of hydrogen-bond acceptors (Lipinski definition) is 5. The number of carbonyl (C=O) groups is 1. The van der Waals surface area contributed by atoms with Crippen LogP contribution in [0, 0.1) is 5.92 Å². The van der Waals surface area contributed by atoms with Crippen LogP contribution in [0.15, 0.2) is 46.9 Å². The second-order valence-corrected chi connectivity index (χ2v) is 7.06. The molecule has 3 rings (SSSR count). The molecule has 0 spiro atoms. The molecule has 6 heteroatoms. The van der Waals surface area contributed by atoms with Gasteiger partial charge in [-0.1, -0.05) is 35.5 Å². The van der Waals surface area contributed by atoms with E-state index in [9.17, 15) is 4.79 Å². The van der Waals surface area contributed by atoms with Gasteiger partial charge in [0.1, 0.15) is 6.61 Å². The van der Waals surface area contributed by atoms with Crippen molar-refractivity contribution in [3.63, 3.8) is 0 Å². The maximum atomic E-state index is 11.1. The van der Waals surface area contributed by atoms with Gasteiger partial charge in [-0.15, -0.1) is 11.3 Å². The predicted molar refractivity (Wildman–Crippen MR) is 100 cm³/mol. The molecular formula is C19H22N2O3S. The minimum Gasteiger partial charge on any atom is -0.481 e. The smallest absolute Gasteiger partial charge is 0.307 e. The summed E-state index contributed by atoms with van der Waals surface area (Å²) < 4.78 is 0. The van der Waals surface area contributed by atoms with E-state index in [2.05, 4.69) is 28.3 Å². The first-order chi connectivity index (χ1) is 12.2. The second kappa shape index (κ2) is 8.78. The molecule has 1 aliphatic rings. The Morgan fingerprint density at radius 2 is 2.20 bits per heavy atom. The molecule has 0 bridgehead atoms. The molecule has 1 atom stereocenters. The number of aliphatic carboxylic acids is 1. The number of nitrogens with zero attached hydrogens (tertiary/aromatic N) is 2. The van der Waals surface area contributed by atoms with E-state index >= 15 is 0 Å². The molecule has 1 unspecified atom stereocenters. The molecule has 0 aliphatic carbocycles. The second-order valence-electron chi connectivity index (χ2n) is 6.11. The first kappa shape index (κ1) is 17.6. The van der Waals surface area contributed by atoms with E-state index in [0.717, 1.165) is 29.8 Å². The summed E-state index contributed by atoms with van der Waals surface area (Å²) in [6, 6.07) is 12.3. The van der Waals surface area contributed by atoms with E-state index in [1.807, 2.05) is 23.6 Å². The number of benzene rings is 1. The molecule has 2 heterocycles. The Labute approximate surface area is 151 Å². The van der Waals surface area contributed by atoms with E-state index in [4.69, 9.17) is 9.94 Å². The van der Waals surface area contributed by atoms with Gasteiger partial charge in [0.05, 0.1) is 17.0 Å². The van der Waals surface area contributed by atoms with Crippen LogP contribution in [0.4, 0.5) is 0 Å². The number of carboxylic acid groups (broad SMARTS) is 1. The number of carboxylic acids is 1. The van der Waals surface area contributed by atoms with Crippen LogP contribution in [0.25, 0.3) is 11.1 Å². The lowest BCUT2D eigenvalue weighted by molar-refractivity contribution is -0.143. The van der Waals surface area contributed by atoms with Crippen molar-refractivity contribution in [1.29, 1.82) is 0 Å². The molecule has 1 aromatic heterocycles. The Hall–Kier alpha value is -2.18. The van der Waals surface area contributed by atoms with Crippen molar-refractivity contribution in [2.24, 2.45) is 11.1 Å². The normalized spacial score (nSPS) is 18.5. The lowest BCUT2D eigenvalue weighted by Gasteiger charge is -2.29. The van der Waals surface area contributed by atoms with Crippen molar-refractivity contribution in [3.8, 4) is 11.1 Å². The molecule has 0 saturated carbocycles. The lowest BCUT2D eigenvalue weighted by atomic mass is 9.98. The molecule has 5 nitrogen and oxygen atoms in total. The lowest BCUT2D eigenvalue weighted by Crippen LogP contribution is -2.40. The van der Waals surface area contributed by atoms with Crippen LogP contribution in [-0.4, -0.2) is 48.4 Å². The minimum atomic E-state index is -0.699. The van der Waals surface area contributed by atoms with Crippen molar-refractivity contribution >= 4 is 23.5 Å². The molecule has 0 radical (unpaired) electrons. The molecule has 25 heavy (non-hydrogen) atoms. The number of rotatable bonds is 7. The topological polar surface area (TPSA) is 62.1 Å². The van der Waals surface area contributed by atoms with Gasteiger partial charge in [-0.3, -0.25) is 9.69 Å². The van der Waals surface area contributed by atoms with Gasteiger partial charge in [0, 0.05) is 18.7 Å². The van der Waals surface area contributed by atoms with Gasteiger partial charge < -0.3 is 9.94 Å². The summed E-state index contributed by atoms with van der Waals surface area (Å²) in [4.78, 5) is 19.7. The fourth-order valence-corrected chi connectivity index (χ4v) is 3.81. The quantitative estimate of drug-likeness (QED) is 0.467. The summed E-state index contributed by atoms with van der Waals surface area (Å²) in [5.41, 5.74) is 2.32. The van der Waals surface area contributed by atoms with Crippen LogP contribution in [0.2, 0.25) is 0 Å². The van der Waals surface area contributed by atoms with Gasteiger partial charge in [0.2, 0.25) is 0 Å². The van der Waals surface area contributed by atoms with Crippen LogP contribution >= 0.6 is 11.3 Å². The summed E-state index contributed by atoms with van der Waals surface area (Å²) in [6.45, 7) is 2.71. The van der Waals surface area contributed by atoms with Gasteiger partial charge in [-0.2, -0.15) is 0 Å². The van der Waals surface area contributed by atoms with Crippen molar-refractivity contribution in [3.05, 3.63) is 46.7 Å². The fraction of sp³-hybridized carbons (Fsp3) is 0.368. The zero-order valence-electron chi connectivity index (χ0n) is 14.0. The number of piperidine rings is 1. The summed E-state index contributed by atoms with van der Waals surface area (Å²) in [5, 5.41) is 15.2.